The van der Waals surface area contributed by atoms with Gasteiger partial charge >= 0.3 is 0 Å². The van der Waals surface area contributed by atoms with Crippen LogP contribution in [0.2, 0.25) is 0 Å². The number of nitrogens with one attached hydrogen (secondary N) is 1. The fourth-order valence-electron chi connectivity index (χ4n) is 3.20. The van der Waals surface area contributed by atoms with Gasteiger partial charge in [-0.1, -0.05) is 18.2 Å². The van der Waals surface area contributed by atoms with E-state index in [2.05, 4.69) is 5.32 Å². The molecule has 1 atom stereocenters. The predicted octanol–water partition coefficient (Wildman–Crippen LogP) is 3.19. The standard InChI is InChI=1S/C21H22FN3O3S/c1-28-13-5-12-24-18(14-19(26)23-16-6-3-2-4-7-16)20(27)25(21(24)29)17-10-8-15(22)9-11-17/h2-4,6-11,18H,5,12-14H2,1H3,(H,23,26). The third kappa shape index (κ3) is 4.96. The van der Waals surface area contributed by atoms with E-state index in [9.17, 15) is 14.0 Å². The third-order valence-corrected chi connectivity index (χ3v) is 5.00. The first-order valence-corrected chi connectivity index (χ1v) is 9.66. The van der Waals surface area contributed by atoms with E-state index in [0.717, 1.165) is 0 Å². The first-order valence-electron chi connectivity index (χ1n) is 9.25. The van der Waals surface area contributed by atoms with Gasteiger partial charge in [0, 0.05) is 25.9 Å². The highest BCUT2D eigenvalue weighted by molar-refractivity contribution is 7.80. The molecule has 0 aromatic heterocycles. The molecule has 1 unspecified atom stereocenters. The van der Waals surface area contributed by atoms with Crippen LogP contribution in [-0.2, 0) is 14.3 Å². The molecular formula is C21H22FN3O3S. The van der Waals surface area contributed by atoms with E-state index in [1.807, 2.05) is 18.2 Å². The SMILES string of the molecule is COCCCN1C(=S)N(c2ccc(F)cc2)C(=O)C1CC(=O)Nc1ccccc1. The highest BCUT2D eigenvalue weighted by Gasteiger charge is 2.43. The van der Waals surface area contributed by atoms with E-state index in [1.54, 1.807) is 24.1 Å². The van der Waals surface area contributed by atoms with E-state index >= 15 is 0 Å². The number of halogens is 1. The van der Waals surface area contributed by atoms with Crippen molar-refractivity contribution in [3.05, 3.63) is 60.4 Å². The number of carbonyl (C=O) groups excluding carboxylic acids is 2. The second kappa shape index (κ2) is 9.58. The third-order valence-electron chi connectivity index (χ3n) is 4.59. The van der Waals surface area contributed by atoms with E-state index in [4.69, 9.17) is 17.0 Å². The molecule has 29 heavy (non-hydrogen) atoms. The summed E-state index contributed by atoms with van der Waals surface area (Å²) in [5.74, 6) is -0.987. The minimum absolute atomic E-state index is 0.0431. The topological polar surface area (TPSA) is 61.9 Å². The fourth-order valence-corrected chi connectivity index (χ4v) is 3.62. The van der Waals surface area contributed by atoms with Crippen molar-refractivity contribution in [2.24, 2.45) is 0 Å². The normalized spacial score (nSPS) is 16.4. The number of ether oxygens (including phenoxy) is 1. The summed E-state index contributed by atoms with van der Waals surface area (Å²) in [4.78, 5) is 28.8. The van der Waals surface area contributed by atoms with Gasteiger partial charge in [0.2, 0.25) is 5.91 Å². The van der Waals surface area contributed by atoms with Crippen molar-refractivity contribution in [1.29, 1.82) is 0 Å². The Balaban J connectivity index is 1.79. The van der Waals surface area contributed by atoms with Crippen molar-refractivity contribution in [3.8, 4) is 0 Å². The lowest BCUT2D eigenvalue weighted by atomic mass is 10.1. The molecular weight excluding hydrogens is 393 g/mol. The maximum atomic E-state index is 13.3. The van der Waals surface area contributed by atoms with Crippen LogP contribution in [0.25, 0.3) is 0 Å². The smallest absolute Gasteiger partial charge is 0.256 e. The van der Waals surface area contributed by atoms with Crippen LogP contribution in [0, 0.1) is 5.82 Å². The summed E-state index contributed by atoms with van der Waals surface area (Å²) in [7, 11) is 1.60. The minimum Gasteiger partial charge on any atom is -0.385 e. The summed E-state index contributed by atoms with van der Waals surface area (Å²) >= 11 is 5.53. The van der Waals surface area contributed by atoms with E-state index < -0.39 is 11.9 Å². The monoisotopic (exact) mass is 415 g/mol. The van der Waals surface area contributed by atoms with Gasteiger partial charge in [0.15, 0.2) is 5.11 Å². The Kier molecular flexibility index (Phi) is 6.90. The summed E-state index contributed by atoms with van der Waals surface area (Å²) in [6.07, 6.45) is 0.608. The average Bonchev–Trinajstić information content (AvgIpc) is 2.94. The number of thiocarbonyl (C=S) groups is 1. The quantitative estimate of drug-likeness (QED) is 0.530. The Hall–Kier alpha value is -2.84. The van der Waals surface area contributed by atoms with Crippen LogP contribution in [0.1, 0.15) is 12.8 Å². The van der Waals surface area contributed by atoms with Crippen LogP contribution < -0.4 is 10.2 Å². The molecule has 6 nitrogen and oxygen atoms in total. The first kappa shape index (κ1) is 20.9. The van der Waals surface area contributed by atoms with Gasteiger partial charge in [-0.15, -0.1) is 0 Å². The Morgan fingerprint density at radius 3 is 2.52 bits per heavy atom. The minimum atomic E-state index is -0.729. The highest BCUT2D eigenvalue weighted by Crippen LogP contribution is 2.27. The van der Waals surface area contributed by atoms with Crippen LogP contribution in [-0.4, -0.2) is 48.1 Å². The molecule has 152 valence electrons. The molecule has 0 bridgehead atoms. The number of anilines is 2. The molecule has 2 amide bonds. The largest absolute Gasteiger partial charge is 0.385 e. The average molecular weight is 415 g/mol. The number of hydrogen-bond donors (Lipinski definition) is 1. The number of nitrogens with zero attached hydrogens (tertiary/aromatic N) is 2. The summed E-state index contributed by atoms with van der Waals surface area (Å²) in [6, 6.07) is 13.9. The van der Waals surface area contributed by atoms with Crippen LogP contribution in [0.3, 0.4) is 0 Å². The molecule has 2 aromatic carbocycles. The van der Waals surface area contributed by atoms with Crippen LogP contribution in [0.15, 0.2) is 54.6 Å². The molecule has 1 saturated heterocycles. The van der Waals surface area contributed by atoms with Gasteiger partial charge in [0.1, 0.15) is 11.9 Å². The van der Waals surface area contributed by atoms with Crippen molar-refractivity contribution in [2.45, 2.75) is 18.9 Å². The maximum Gasteiger partial charge on any atom is 0.256 e. The lowest BCUT2D eigenvalue weighted by Crippen LogP contribution is -2.38. The molecule has 1 heterocycles. The summed E-state index contributed by atoms with van der Waals surface area (Å²) in [6.45, 7) is 0.978. The van der Waals surface area contributed by atoms with Crippen molar-refractivity contribution >= 4 is 40.5 Å². The highest BCUT2D eigenvalue weighted by atomic mass is 32.1. The number of carbonyl (C=O) groups is 2. The van der Waals surface area contributed by atoms with Gasteiger partial charge in [-0.25, -0.2) is 4.39 Å². The first-order chi connectivity index (χ1) is 14.0. The second-order valence-electron chi connectivity index (χ2n) is 6.61. The van der Waals surface area contributed by atoms with Gasteiger partial charge < -0.3 is 15.0 Å². The number of rotatable bonds is 8. The molecule has 1 fully saturated rings. The predicted molar refractivity (Wildman–Crippen MR) is 113 cm³/mol. The van der Waals surface area contributed by atoms with Crippen LogP contribution in [0.5, 0.6) is 0 Å². The van der Waals surface area contributed by atoms with Crippen molar-refractivity contribution in [1.82, 2.24) is 4.90 Å². The number of benzene rings is 2. The molecule has 0 saturated carbocycles. The number of hydrogen-bond acceptors (Lipinski definition) is 4. The van der Waals surface area contributed by atoms with Gasteiger partial charge in [0.05, 0.1) is 12.1 Å². The summed E-state index contributed by atoms with van der Waals surface area (Å²) in [5.41, 5.74) is 1.14. The van der Waals surface area contributed by atoms with E-state index in [-0.39, 0.29) is 18.2 Å². The Bertz CT molecular complexity index is 876. The lowest BCUT2D eigenvalue weighted by molar-refractivity contribution is -0.124. The van der Waals surface area contributed by atoms with Crippen molar-refractivity contribution < 1.29 is 18.7 Å². The molecule has 3 rings (SSSR count). The molecule has 1 aliphatic heterocycles. The van der Waals surface area contributed by atoms with Crippen LogP contribution in [0.4, 0.5) is 15.8 Å². The van der Waals surface area contributed by atoms with E-state index in [1.165, 1.54) is 29.2 Å². The molecule has 0 radical (unpaired) electrons. The zero-order valence-electron chi connectivity index (χ0n) is 16.0. The number of amides is 2. The van der Waals surface area contributed by atoms with Crippen LogP contribution >= 0.6 is 12.2 Å². The summed E-state index contributed by atoms with van der Waals surface area (Å²) < 4.78 is 18.4. The lowest BCUT2D eigenvalue weighted by Gasteiger charge is -2.23. The molecule has 2 aromatic rings. The number of methoxy groups -OCH3 is 1. The van der Waals surface area contributed by atoms with Gasteiger partial charge in [-0.05, 0) is 55.0 Å². The molecule has 1 N–H and O–H groups in total. The van der Waals surface area contributed by atoms with Gasteiger partial charge in [-0.3, -0.25) is 14.5 Å². The maximum absolute atomic E-state index is 13.3. The zero-order valence-corrected chi connectivity index (χ0v) is 16.8. The Labute approximate surface area is 174 Å². The molecule has 8 heteroatoms. The Morgan fingerprint density at radius 1 is 1.17 bits per heavy atom. The molecule has 0 spiro atoms. The Morgan fingerprint density at radius 2 is 1.86 bits per heavy atom. The summed E-state index contributed by atoms with van der Waals surface area (Å²) in [5, 5.41) is 3.10. The molecule has 1 aliphatic rings. The second-order valence-corrected chi connectivity index (χ2v) is 6.97. The van der Waals surface area contributed by atoms with Gasteiger partial charge in [-0.2, -0.15) is 0 Å². The molecule has 0 aliphatic carbocycles. The van der Waals surface area contributed by atoms with Gasteiger partial charge in [0.25, 0.3) is 5.91 Å². The van der Waals surface area contributed by atoms with Crippen molar-refractivity contribution in [3.63, 3.8) is 0 Å². The van der Waals surface area contributed by atoms with Crippen molar-refractivity contribution in [2.75, 3.05) is 30.5 Å². The zero-order chi connectivity index (χ0) is 20.8. The fraction of sp³-hybridized carbons (Fsp3) is 0.286. The number of para-hydroxylation sites is 1. The van der Waals surface area contributed by atoms with E-state index in [0.29, 0.717) is 36.1 Å².